The molecule has 2 aromatic heterocycles. The van der Waals surface area contributed by atoms with Crippen molar-refractivity contribution in [3.05, 3.63) is 129 Å². The van der Waals surface area contributed by atoms with Gasteiger partial charge in [0.05, 0.1) is 35.4 Å². The van der Waals surface area contributed by atoms with Gasteiger partial charge in [-0.05, 0) is 163 Å². The summed E-state index contributed by atoms with van der Waals surface area (Å²) in [7, 11) is 0. The third-order valence-corrected chi connectivity index (χ3v) is 15.2. The van der Waals surface area contributed by atoms with Crippen molar-refractivity contribution < 1.29 is 28.7 Å². The van der Waals surface area contributed by atoms with Crippen LogP contribution in [0.1, 0.15) is 131 Å². The van der Waals surface area contributed by atoms with Crippen LogP contribution in [0.4, 0.5) is 0 Å². The largest absolute Gasteiger partial charge is 0.375 e. The maximum atomic E-state index is 12.9. The summed E-state index contributed by atoms with van der Waals surface area (Å²) in [4.78, 5) is 54.8. The van der Waals surface area contributed by atoms with Gasteiger partial charge in [-0.3, -0.25) is 28.5 Å². The fourth-order valence-electron chi connectivity index (χ4n) is 9.88. The molecule has 0 radical (unpaired) electrons. The molecule has 0 spiro atoms. The van der Waals surface area contributed by atoms with Crippen LogP contribution in [0.25, 0.3) is 21.8 Å². The van der Waals surface area contributed by atoms with Gasteiger partial charge >= 0.3 is 0 Å². The molecule has 2 atom stereocenters. The van der Waals surface area contributed by atoms with Crippen LogP contribution in [0.15, 0.2) is 85.2 Å². The fraction of sp³-hybridized carbons (Fsp3) is 0.464. The first-order valence-corrected chi connectivity index (χ1v) is 25.9. The zero-order chi connectivity index (χ0) is 49.1. The van der Waals surface area contributed by atoms with E-state index in [1.54, 1.807) is 48.5 Å². The van der Waals surface area contributed by atoms with E-state index in [9.17, 15) is 19.2 Å². The average Bonchev–Trinajstić information content (AvgIpc) is 3.92. The smallest absolute Gasteiger partial charge is 0.253 e. The number of rotatable bonds is 18. The number of aromatic nitrogens is 4. The molecule has 2 aliphatic heterocycles. The van der Waals surface area contributed by atoms with E-state index in [0.29, 0.717) is 84.2 Å². The summed E-state index contributed by atoms with van der Waals surface area (Å²) in [5.74, 6) is 1.12. The van der Waals surface area contributed by atoms with Crippen molar-refractivity contribution in [3.63, 3.8) is 0 Å². The van der Waals surface area contributed by atoms with E-state index in [4.69, 9.17) is 42.9 Å². The normalized spacial score (nSPS) is 17.3. The highest BCUT2D eigenvalue weighted by Gasteiger charge is 2.33. The molecule has 10 rings (SSSR count). The summed E-state index contributed by atoms with van der Waals surface area (Å²) in [6, 6.07) is 21.7. The molecule has 70 heavy (non-hydrogen) atoms. The van der Waals surface area contributed by atoms with Crippen LogP contribution >= 0.6 is 23.2 Å². The number of aryl methyl sites for hydroxylation is 2. The molecule has 4 fully saturated rings. The van der Waals surface area contributed by atoms with Crippen molar-refractivity contribution in [2.24, 2.45) is 11.8 Å². The van der Waals surface area contributed by atoms with E-state index < -0.39 is 0 Å². The molecule has 2 amide bonds. The van der Waals surface area contributed by atoms with E-state index in [-0.39, 0.29) is 35.6 Å². The van der Waals surface area contributed by atoms with Gasteiger partial charge in [0.15, 0.2) is 11.6 Å². The topological polar surface area (TPSA) is 129 Å². The van der Waals surface area contributed by atoms with Gasteiger partial charge in [0.2, 0.25) is 0 Å². The highest BCUT2D eigenvalue weighted by molar-refractivity contribution is 6.31. The number of ketones is 2. The Kier molecular flexibility index (Phi) is 15.5. The van der Waals surface area contributed by atoms with Crippen molar-refractivity contribution in [1.82, 2.24) is 29.4 Å². The second kappa shape index (κ2) is 21.9. The van der Waals surface area contributed by atoms with Gasteiger partial charge in [-0.15, -0.1) is 0 Å². The third kappa shape index (κ3) is 11.7. The number of carbonyl (C=O) groups excluding carboxylic acids is 4. The Labute approximate surface area is 420 Å². The Morgan fingerprint density at radius 3 is 1.29 bits per heavy atom. The van der Waals surface area contributed by atoms with Crippen LogP contribution in [0.2, 0.25) is 10.0 Å². The Balaban J connectivity index is 0.000000174. The van der Waals surface area contributed by atoms with Crippen molar-refractivity contribution in [2.75, 3.05) is 26.2 Å². The van der Waals surface area contributed by atoms with E-state index in [2.05, 4.69) is 13.8 Å². The van der Waals surface area contributed by atoms with Crippen LogP contribution in [-0.4, -0.2) is 103 Å². The van der Waals surface area contributed by atoms with Gasteiger partial charge in [0, 0.05) is 119 Å². The molecule has 2 saturated heterocycles. The number of fused-ring (bicyclic) bond motifs is 2. The zero-order valence-corrected chi connectivity index (χ0v) is 42.3. The molecule has 4 heterocycles. The molecule has 368 valence electrons. The van der Waals surface area contributed by atoms with Crippen LogP contribution in [0, 0.1) is 25.7 Å². The minimum atomic E-state index is 0.0370. The molecule has 2 saturated carbocycles. The SMILES string of the molecule is Cc1c(C(=O)CC[C@@H](C)OC2CCC2)ccc2nn(CC3CN(C(=O)c4ccc(Cl)cc4)C3)cc12.Cc1c(C(=O)CC[C@H](C)OC2CCC2)ccc2nn(CC3CN(C(=O)c4ccc(Cl)cc4)C3)cc12. The van der Waals surface area contributed by atoms with Gasteiger partial charge in [0.1, 0.15) is 0 Å². The predicted octanol–water partition coefficient (Wildman–Crippen LogP) is 11.4. The molecule has 4 aromatic carbocycles. The molecular formula is C56H64Cl2N6O6. The first-order chi connectivity index (χ1) is 33.7. The number of ether oxygens (including phenoxy) is 2. The van der Waals surface area contributed by atoms with Crippen LogP contribution < -0.4 is 0 Å². The number of hydrogen-bond donors (Lipinski definition) is 0. The number of halogens is 2. The summed E-state index contributed by atoms with van der Waals surface area (Å²) in [6.45, 7) is 12.5. The minimum Gasteiger partial charge on any atom is -0.375 e. The Hall–Kier alpha value is -5.40. The molecule has 2 aliphatic carbocycles. The van der Waals surface area contributed by atoms with Crippen LogP contribution in [0.5, 0.6) is 0 Å². The average molecular weight is 988 g/mol. The molecule has 0 bridgehead atoms. The Morgan fingerprint density at radius 2 is 0.943 bits per heavy atom. The van der Waals surface area contributed by atoms with Crippen molar-refractivity contribution in [2.45, 2.75) is 129 Å². The van der Waals surface area contributed by atoms with E-state index >= 15 is 0 Å². The predicted molar refractivity (Wildman–Crippen MR) is 274 cm³/mol. The summed E-state index contributed by atoms with van der Waals surface area (Å²) >= 11 is 11.8. The zero-order valence-electron chi connectivity index (χ0n) is 40.7. The molecule has 12 nitrogen and oxygen atoms in total. The maximum Gasteiger partial charge on any atom is 0.253 e. The van der Waals surface area contributed by atoms with Crippen LogP contribution in [0.3, 0.4) is 0 Å². The molecule has 0 N–H and O–H groups in total. The monoisotopic (exact) mass is 986 g/mol. The first-order valence-electron chi connectivity index (χ1n) is 25.1. The van der Waals surface area contributed by atoms with E-state index in [0.717, 1.165) is 95.7 Å². The van der Waals surface area contributed by atoms with E-state index in [1.807, 2.05) is 69.7 Å². The number of hydrogen-bond acceptors (Lipinski definition) is 8. The molecule has 0 unspecified atom stereocenters. The summed E-state index contributed by atoms with van der Waals surface area (Å²) in [5.41, 5.74) is 6.64. The Morgan fingerprint density at radius 1 is 0.571 bits per heavy atom. The lowest BCUT2D eigenvalue weighted by atomic mass is 9.95. The van der Waals surface area contributed by atoms with Gasteiger partial charge in [-0.2, -0.15) is 10.2 Å². The number of carbonyl (C=O) groups is 4. The fourth-order valence-corrected chi connectivity index (χ4v) is 10.1. The number of amides is 2. The summed E-state index contributed by atoms with van der Waals surface area (Å²) < 4.78 is 15.9. The first kappa shape index (κ1) is 49.6. The highest BCUT2D eigenvalue weighted by atomic mass is 35.5. The summed E-state index contributed by atoms with van der Waals surface area (Å²) in [6.07, 6.45) is 14.7. The lowest BCUT2D eigenvalue weighted by Crippen LogP contribution is -2.51. The quantitative estimate of drug-likeness (QED) is 0.0779. The molecule has 4 aliphatic rings. The maximum absolute atomic E-state index is 12.9. The van der Waals surface area contributed by atoms with Crippen LogP contribution in [-0.2, 0) is 22.6 Å². The molecular weight excluding hydrogens is 924 g/mol. The number of benzene rings is 4. The van der Waals surface area contributed by atoms with E-state index in [1.165, 1.54) is 12.8 Å². The van der Waals surface area contributed by atoms with Gasteiger partial charge < -0.3 is 19.3 Å². The lowest BCUT2D eigenvalue weighted by Gasteiger charge is -2.39. The molecule has 14 heteroatoms. The Bertz CT molecular complexity index is 2650. The number of likely N-dealkylation sites (tertiary alicyclic amines) is 2. The minimum absolute atomic E-state index is 0.0370. The summed E-state index contributed by atoms with van der Waals surface area (Å²) in [5, 5.41) is 12.7. The molecule has 6 aromatic rings. The van der Waals surface area contributed by atoms with Gasteiger partial charge in [0.25, 0.3) is 11.8 Å². The number of Topliss-reactive ketones (excluding diaryl/α,β-unsaturated/α-hetero) is 2. The van der Waals surface area contributed by atoms with Gasteiger partial charge in [-0.25, -0.2) is 0 Å². The van der Waals surface area contributed by atoms with Crippen molar-refractivity contribution in [3.8, 4) is 0 Å². The third-order valence-electron chi connectivity index (χ3n) is 14.7. The lowest BCUT2D eigenvalue weighted by molar-refractivity contribution is -0.0459. The number of nitrogens with zero attached hydrogens (tertiary/aromatic N) is 6. The van der Waals surface area contributed by atoms with Gasteiger partial charge in [-0.1, -0.05) is 23.2 Å². The second-order valence-electron chi connectivity index (χ2n) is 20.1. The van der Waals surface area contributed by atoms with Crippen molar-refractivity contribution >= 4 is 68.4 Å². The standard InChI is InChI=1S/2C28H32ClN3O3/c2*1-18(35-23-4-3-5-23)6-13-27(33)24-11-12-26-25(19(24)2)17-32(30-26)16-20-14-31(15-20)28(34)21-7-9-22(29)10-8-21/h2*7-12,17-18,20,23H,3-6,13-16H2,1-2H3/t2*18-/m10/s1. The highest BCUT2D eigenvalue weighted by Crippen LogP contribution is 2.30. The second-order valence-corrected chi connectivity index (χ2v) is 21.0. The van der Waals surface area contributed by atoms with Crippen molar-refractivity contribution in [1.29, 1.82) is 0 Å².